The standard InChI is InChI=1S/C10H11ClN2O4/c1-12(4-5-14)10(15)8-3-2-7(11)6-9(8)13(16)17/h2-3,6,14H,4-5H2,1H3. The van der Waals surface area contributed by atoms with Gasteiger partial charge in [0.05, 0.1) is 11.5 Å². The molecule has 0 saturated carbocycles. The summed E-state index contributed by atoms with van der Waals surface area (Å²) in [6, 6.07) is 3.84. The Morgan fingerprint density at radius 1 is 1.59 bits per heavy atom. The van der Waals surface area contributed by atoms with Crippen LogP contribution in [0.5, 0.6) is 0 Å². The van der Waals surface area contributed by atoms with E-state index in [-0.39, 0.29) is 29.4 Å². The van der Waals surface area contributed by atoms with Crippen molar-refractivity contribution < 1.29 is 14.8 Å². The SMILES string of the molecule is CN(CCO)C(=O)c1ccc(Cl)cc1[N+](=O)[O-]. The Kier molecular flexibility index (Phi) is 4.42. The molecule has 0 bridgehead atoms. The van der Waals surface area contributed by atoms with Crippen molar-refractivity contribution in [3.05, 3.63) is 38.9 Å². The Bertz CT molecular complexity index is 450. The fraction of sp³-hybridized carbons (Fsp3) is 0.300. The van der Waals surface area contributed by atoms with Crippen molar-refractivity contribution in [2.75, 3.05) is 20.2 Å². The number of aliphatic hydroxyl groups is 1. The summed E-state index contributed by atoms with van der Waals surface area (Å²) in [5.41, 5.74) is -0.386. The first kappa shape index (κ1) is 13.4. The Morgan fingerprint density at radius 3 is 2.76 bits per heavy atom. The fourth-order valence-electron chi connectivity index (χ4n) is 1.29. The third-order valence-corrected chi connectivity index (χ3v) is 2.40. The first-order chi connectivity index (χ1) is 7.97. The third kappa shape index (κ3) is 3.15. The summed E-state index contributed by atoms with van der Waals surface area (Å²) in [6.45, 7) is -0.0950. The smallest absolute Gasteiger partial charge is 0.283 e. The van der Waals surface area contributed by atoms with Gasteiger partial charge in [0.25, 0.3) is 11.6 Å². The third-order valence-electron chi connectivity index (χ3n) is 2.17. The first-order valence-electron chi connectivity index (χ1n) is 4.77. The lowest BCUT2D eigenvalue weighted by atomic mass is 10.1. The van der Waals surface area contributed by atoms with Crippen molar-refractivity contribution >= 4 is 23.2 Å². The monoisotopic (exact) mass is 258 g/mol. The minimum Gasteiger partial charge on any atom is -0.395 e. The second-order valence-corrected chi connectivity index (χ2v) is 3.81. The van der Waals surface area contributed by atoms with Crippen molar-refractivity contribution in [3.63, 3.8) is 0 Å². The molecule has 0 spiro atoms. The van der Waals surface area contributed by atoms with Crippen LogP contribution in [0, 0.1) is 10.1 Å². The van der Waals surface area contributed by atoms with Crippen LogP contribution in [0.4, 0.5) is 5.69 Å². The van der Waals surface area contributed by atoms with E-state index in [2.05, 4.69) is 0 Å². The van der Waals surface area contributed by atoms with E-state index in [1.165, 1.54) is 24.1 Å². The Hall–Kier alpha value is -1.66. The maximum Gasteiger partial charge on any atom is 0.283 e. The molecule has 92 valence electrons. The van der Waals surface area contributed by atoms with E-state index >= 15 is 0 Å². The van der Waals surface area contributed by atoms with Crippen molar-refractivity contribution in [1.29, 1.82) is 0 Å². The van der Waals surface area contributed by atoms with Crippen molar-refractivity contribution in [2.45, 2.75) is 0 Å². The van der Waals surface area contributed by atoms with Gasteiger partial charge in [-0.15, -0.1) is 0 Å². The molecule has 0 radical (unpaired) electrons. The molecule has 0 heterocycles. The summed E-state index contributed by atoms with van der Waals surface area (Å²) < 4.78 is 0. The van der Waals surface area contributed by atoms with Crippen LogP contribution in [0.2, 0.25) is 5.02 Å². The predicted octanol–water partition coefficient (Wildman–Crippen LogP) is 1.31. The number of rotatable bonds is 4. The molecule has 0 fully saturated rings. The number of carbonyl (C=O) groups excluding carboxylic acids is 1. The number of benzene rings is 1. The summed E-state index contributed by atoms with van der Waals surface area (Å²) in [6.07, 6.45) is 0. The Morgan fingerprint density at radius 2 is 2.24 bits per heavy atom. The lowest BCUT2D eigenvalue weighted by Gasteiger charge is -2.15. The number of halogens is 1. The second-order valence-electron chi connectivity index (χ2n) is 3.37. The van der Waals surface area contributed by atoms with E-state index in [1.54, 1.807) is 0 Å². The van der Waals surface area contributed by atoms with Gasteiger partial charge < -0.3 is 10.0 Å². The molecule has 0 aliphatic rings. The number of amides is 1. The molecular weight excluding hydrogens is 248 g/mol. The number of nitrogens with zero attached hydrogens (tertiary/aromatic N) is 2. The number of carbonyl (C=O) groups is 1. The summed E-state index contributed by atoms with van der Waals surface area (Å²) in [7, 11) is 1.46. The molecule has 1 amide bonds. The van der Waals surface area contributed by atoms with E-state index in [0.717, 1.165) is 6.07 Å². The van der Waals surface area contributed by atoms with Gasteiger partial charge in [0.2, 0.25) is 0 Å². The molecule has 1 rings (SSSR count). The van der Waals surface area contributed by atoms with E-state index in [9.17, 15) is 14.9 Å². The summed E-state index contributed by atoms with van der Waals surface area (Å²) >= 11 is 5.64. The summed E-state index contributed by atoms with van der Waals surface area (Å²) in [5.74, 6) is -0.526. The highest BCUT2D eigenvalue weighted by Crippen LogP contribution is 2.24. The quantitative estimate of drug-likeness (QED) is 0.652. The van der Waals surface area contributed by atoms with Crippen LogP contribution in [0.15, 0.2) is 18.2 Å². The van der Waals surface area contributed by atoms with Gasteiger partial charge in [-0.05, 0) is 12.1 Å². The molecule has 0 aromatic heterocycles. The zero-order valence-corrected chi connectivity index (χ0v) is 9.85. The van der Waals surface area contributed by atoms with Gasteiger partial charge in [-0.25, -0.2) is 0 Å². The number of nitro benzene ring substituents is 1. The molecule has 17 heavy (non-hydrogen) atoms. The van der Waals surface area contributed by atoms with Gasteiger partial charge in [0.15, 0.2) is 0 Å². The molecule has 6 nitrogen and oxygen atoms in total. The van der Waals surface area contributed by atoms with E-state index < -0.39 is 10.8 Å². The van der Waals surface area contributed by atoms with Gasteiger partial charge in [0.1, 0.15) is 5.56 Å². The van der Waals surface area contributed by atoms with Crippen LogP contribution in [0.3, 0.4) is 0 Å². The topological polar surface area (TPSA) is 83.7 Å². The second kappa shape index (κ2) is 5.60. The normalized spacial score (nSPS) is 10.1. The summed E-state index contributed by atoms with van der Waals surface area (Å²) in [5, 5.41) is 19.7. The molecule has 0 aliphatic carbocycles. The minimum absolute atomic E-state index is 0.0460. The van der Waals surface area contributed by atoms with E-state index in [0.29, 0.717) is 0 Å². The highest BCUT2D eigenvalue weighted by molar-refractivity contribution is 6.31. The summed E-state index contributed by atoms with van der Waals surface area (Å²) in [4.78, 5) is 23.2. The number of hydrogen-bond acceptors (Lipinski definition) is 4. The van der Waals surface area contributed by atoms with Crippen molar-refractivity contribution in [1.82, 2.24) is 4.90 Å². The maximum atomic E-state index is 11.8. The largest absolute Gasteiger partial charge is 0.395 e. The zero-order valence-electron chi connectivity index (χ0n) is 9.09. The Labute approximate surface area is 103 Å². The van der Waals surface area contributed by atoms with Crippen molar-refractivity contribution in [3.8, 4) is 0 Å². The van der Waals surface area contributed by atoms with E-state index in [1.807, 2.05) is 0 Å². The number of nitro groups is 1. The molecule has 0 atom stereocenters. The van der Waals surface area contributed by atoms with Gasteiger partial charge in [-0.1, -0.05) is 11.6 Å². The minimum atomic E-state index is -0.661. The first-order valence-corrected chi connectivity index (χ1v) is 5.15. The molecule has 1 aromatic carbocycles. The van der Waals surface area contributed by atoms with Crippen molar-refractivity contribution in [2.24, 2.45) is 0 Å². The fourth-order valence-corrected chi connectivity index (χ4v) is 1.46. The molecule has 0 aliphatic heterocycles. The van der Waals surface area contributed by atoms with Crippen LogP contribution in [0.25, 0.3) is 0 Å². The molecule has 1 aromatic rings. The van der Waals surface area contributed by atoms with Gasteiger partial charge in [-0.2, -0.15) is 0 Å². The van der Waals surface area contributed by atoms with Gasteiger partial charge in [-0.3, -0.25) is 14.9 Å². The van der Waals surface area contributed by atoms with Gasteiger partial charge >= 0.3 is 0 Å². The zero-order chi connectivity index (χ0) is 13.0. The molecule has 1 N–H and O–H groups in total. The predicted molar refractivity (Wildman–Crippen MR) is 62.2 cm³/mol. The van der Waals surface area contributed by atoms with Crippen LogP contribution in [0.1, 0.15) is 10.4 Å². The lowest BCUT2D eigenvalue weighted by Crippen LogP contribution is -2.29. The lowest BCUT2D eigenvalue weighted by molar-refractivity contribution is -0.385. The van der Waals surface area contributed by atoms with E-state index in [4.69, 9.17) is 16.7 Å². The maximum absolute atomic E-state index is 11.8. The molecule has 0 unspecified atom stereocenters. The molecular formula is C10H11ClN2O4. The average molecular weight is 259 g/mol. The highest BCUT2D eigenvalue weighted by Gasteiger charge is 2.22. The van der Waals surface area contributed by atoms with Crippen LogP contribution in [-0.4, -0.2) is 41.0 Å². The van der Waals surface area contributed by atoms with Gasteiger partial charge in [0, 0.05) is 24.7 Å². The van der Waals surface area contributed by atoms with Crippen LogP contribution < -0.4 is 0 Å². The number of hydrogen-bond donors (Lipinski definition) is 1. The van der Waals surface area contributed by atoms with Crippen LogP contribution >= 0.6 is 11.6 Å². The highest BCUT2D eigenvalue weighted by atomic mass is 35.5. The molecule has 7 heteroatoms. The Balaban J connectivity index is 3.13. The molecule has 0 saturated heterocycles. The number of aliphatic hydroxyl groups excluding tert-OH is 1. The average Bonchev–Trinajstić information content (AvgIpc) is 2.28. The van der Waals surface area contributed by atoms with Crippen LogP contribution in [-0.2, 0) is 0 Å². The number of likely N-dealkylation sites (N-methyl/N-ethyl adjacent to an activating group) is 1.